The van der Waals surface area contributed by atoms with Gasteiger partial charge in [-0.1, -0.05) is 46.4 Å². The Balaban J connectivity index is -0.000000112. The molecule has 21 heavy (non-hydrogen) atoms. The van der Waals surface area contributed by atoms with E-state index in [0.717, 1.165) is 17.4 Å². The Kier molecular flexibility index (Phi) is 32.2. The van der Waals surface area contributed by atoms with Crippen molar-refractivity contribution in [3.05, 3.63) is 0 Å². The normalized spacial score (nSPS) is 8.33. The first-order valence-corrected chi connectivity index (χ1v) is 7.73. The summed E-state index contributed by atoms with van der Waals surface area (Å²) < 4.78 is 4.79. The van der Waals surface area contributed by atoms with Crippen molar-refractivity contribution in [1.82, 2.24) is 0 Å². The van der Waals surface area contributed by atoms with Crippen molar-refractivity contribution in [3.63, 3.8) is 0 Å². The van der Waals surface area contributed by atoms with Gasteiger partial charge in [-0.3, -0.25) is 9.59 Å². The molecule has 0 spiro atoms. The number of ether oxygens (including phenoxy) is 1. The van der Waals surface area contributed by atoms with Crippen LogP contribution in [0.5, 0.6) is 0 Å². The van der Waals surface area contributed by atoms with Crippen molar-refractivity contribution in [2.45, 2.75) is 41.5 Å². The minimum absolute atomic E-state index is 0.0317. The lowest BCUT2D eigenvalue weighted by Gasteiger charge is -2.17. The molecule has 126 valence electrons. The Morgan fingerprint density at radius 2 is 1.86 bits per heavy atom. The molecule has 0 saturated carbocycles. The maximum absolute atomic E-state index is 10.5. The summed E-state index contributed by atoms with van der Waals surface area (Å²) in [4.78, 5) is 19.9. The SMILES string of the molecule is C#CC.CC.CC(C)(C)COC(=O)CN.O=CSCCO. The topological polar surface area (TPSA) is 89.6 Å². The van der Waals surface area contributed by atoms with Crippen LogP contribution in [-0.2, 0) is 14.3 Å². The molecule has 0 aliphatic rings. The number of carbonyl (C=O) groups is 2. The third kappa shape index (κ3) is 55.0. The van der Waals surface area contributed by atoms with Crippen LogP contribution in [0, 0.1) is 17.8 Å². The van der Waals surface area contributed by atoms with Crippen LogP contribution in [0.1, 0.15) is 41.5 Å². The molecule has 5 nitrogen and oxygen atoms in total. The average Bonchev–Trinajstić information content (AvgIpc) is 2.45. The zero-order chi connectivity index (χ0) is 17.7. The van der Waals surface area contributed by atoms with Crippen LogP contribution in [0.4, 0.5) is 0 Å². The minimum atomic E-state index is -0.338. The highest BCUT2D eigenvalue weighted by Crippen LogP contribution is 2.12. The van der Waals surface area contributed by atoms with E-state index in [9.17, 15) is 9.59 Å². The molecule has 0 heterocycles. The largest absolute Gasteiger partial charge is 0.464 e. The second-order valence-corrected chi connectivity index (χ2v) is 5.34. The number of hydrogen-bond donors (Lipinski definition) is 2. The number of carbonyl (C=O) groups excluding carboxylic acids is 2. The summed E-state index contributed by atoms with van der Waals surface area (Å²) in [5.74, 6) is 2.43. The van der Waals surface area contributed by atoms with Gasteiger partial charge < -0.3 is 15.6 Å². The van der Waals surface area contributed by atoms with Crippen LogP contribution < -0.4 is 5.73 Å². The van der Waals surface area contributed by atoms with Crippen LogP contribution in [0.2, 0.25) is 0 Å². The number of hydrogen-bond acceptors (Lipinski definition) is 6. The van der Waals surface area contributed by atoms with E-state index in [2.05, 4.69) is 12.3 Å². The van der Waals surface area contributed by atoms with Gasteiger partial charge in [0.2, 0.25) is 0 Å². The molecule has 0 aromatic rings. The maximum atomic E-state index is 10.5. The molecule has 0 aliphatic heterocycles. The lowest BCUT2D eigenvalue weighted by Crippen LogP contribution is -2.23. The van der Waals surface area contributed by atoms with Crippen LogP contribution in [-0.4, -0.2) is 42.2 Å². The molecule has 0 aliphatic carbocycles. The van der Waals surface area contributed by atoms with Gasteiger partial charge in [0, 0.05) is 5.75 Å². The summed E-state index contributed by atoms with van der Waals surface area (Å²) in [6.07, 6.45) is 4.60. The predicted molar refractivity (Wildman–Crippen MR) is 91.6 cm³/mol. The highest BCUT2D eigenvalue weighted by Gasteiger charge is 2.12. The molecule has 3 N–H and O–H groups in total. The first kappa shape index (κ1) is 28.2. The first-order chi connectivity index (χ1) is 9.78. The van der Waals surface area contributed by atoms with Gasteiger partial charge in [0.15, 0.2) is 5.62 Å². The number of esters is 1. The molecule has 0 atom stereocenters. The summed E-state index contributed by atoms with van der Waals surface area (Å²) in [6.45, 7) is 12.1. The number of aliphatic hydroxyl groups is 1. The molecule has 0 aromatic carbocycles. The summed E-state index contributed by atoms with van der Waals surface area (Å²) >= 11 is 1.08. The Morgan fingerprint density at radius 3 is 2.05 bits per heavy atom. The standard InChI is InChI=1S/C7H15NO2.C3H6O2S.C3H4.C2H6/c1-7(2,3)5-10-6(9)4-8;4-1-2-6-3-5;1-3-2;1-2/h4-5,8H2,1-3H3;3-4H,1-2H2;1H,2H3;1-2H3. The second-order valence-electron chi connectivity index (χ2n) is 4.40. The van der Waals surface area contributed by atoms with Crippen molar-refractivity contribution >= 4 is 23.3 Å². The Bertz CT molecular complexity index is 257. The van der Waals surface area contributed by atoms with Gasteiger partial charge >= 0.3 is 5.97 Å². The van der Waals surface area contributed by atoms with E-state index < -0.39 is 0 Å². The van der Waals surface area contributed by atoms with Crippen LogP contribution in [0.25, 0.3) is 0 Å². The van der Waals surface area contributed by atoms with Crippen molar-refractivity contribution in [2.24, 2.45) is 11.1 Å². The summed E-state index contributed by atoms with van der Waals surface area (Å²) in [7, 11) is 0. The predicted octanol–water partition coefficient (Wildman–Crippen LogP) is 2.10. The Morgan fingerprint density at radius 1 is 1.43 bits per heavy atom. The van der Waals surface area contributed by atoms with Crippen molar-refractivity contribution in [3.8, 4) is 12.3 Å². The van der Waals surface area contributed by atoms with E-state index in [1.54, 1.807) is 6.92 Å². The van der Waals surface area contributed by atoms with Crippen LogP contribution in [0.15, 0.2) is 0 Å². The van der Waals surface area contributed by atoms with Gasteiger partial charge in [0.05, 0.1) is 19.8 Å². The Labute approximate surface area is 134 Å². The fraction of sp³-hybridized carbons (Fsp3) is 0.733. The average molecular weight is 321 g/mol. The van der Waals surface area contributed by atoms with Crippen LogP contribution in [0.3, 0.4) is 0 Å². The summed E-state index contributed by atoms with van der Waals surface area (Å²) in [5.41, 5.74) is 5.78. The lowest BCUT2D eigenvalue weighted by atomic mass is 9.99. The first-order valence-electron chi connectivity index (χ1n) is 6.68. The van der Waals surface area contributed by atoms with Gasteiger partial charge in [-0.25, -0.2) is 0 Å². The fourth-order valence-electron chi connectivity index (χ4n) is 0.457. The van der Waals surface area contributed by atoms with E-state index in [1.165, 1.54) is 0 Å². The van der Waals surface area contributed by atoms with Gasteiger partial charge in [-0.2, -0.15) is 0 Å². The number of rotatable bonds is 5. The highest BCUT2D eigenvalue weighted by molar-refractivity contribution is 8.11. The summed E-state index contributed by atoms with van der Waals surface area (Å²) in [6, 6.07) is 0. The van der Waals surface area contributed by atoms with Crippen molar-refractivity contribution in [1.29, 1.82) is 0 Å². The highest BCUT2D eigenvalue weighted by atomic mass is 32.2. The van der Waals surface area contributed by atoms with Crippen molar-refractivity contribution < 1.29 is 19.4 Å². The fourth-order valence-corrected chi connectivity index (χ4v) is 0.658. The van der Waals surface area contributed by atoms with Crippen LogP contribution >= 0.6 is 11.8 Å². The molecule has 0 amide bonds. The number of nitrogens with two attached hydrogens (primary N) is 1. The molecule has 6 heteroatoms. The monoisotopic (exact) mass is 321 g/mol. The lowest BCUT2D eigenvalue weighted by molar-refractivity contribution is -0.144. The molecule has 0 bridgehead atoms. The quantitative estimate of drug-likeness (QED) is 0.349. The van der Waals surface area contributed by atoms with Gasteiger partial charge in [-0.05, 0) is 12.3 Å². The Hall–Kier alpha value is -1.03. The molecule has 0 fully saturated rings. The summed E-state index contributed by atoms with van der Waals surface area (Å²) in [5, 5.41) is 8.02. The third-order valence-electron chi connectivity index (χ3n) is 1.11. The van der Waals surface area contributed by atoms with Gasteiger partial charge in [0.1, 0.15) is 0 Å². The zero-order valence-electron chi connectivity index (χ0n) is 14.1. The molecule has 0 rings (SSSR count). The molecule has 0 unspecified atom stereocenters. The van der Waals surface area contributed by atoms with E-state index in [0.29, 0.717) is 12.4 Å². The zero-order valence-corrected chi connectivity index (χ0v) is 15.0. The van der Waals surface area contributed by atoms with Crippen molar-refractivity contribution in [2.75, 3.05) is 25.5 Å². The minimum Gasteiger partial charge on any atom is -0.464 e. The molecular weight excluding hydrogens is 290 g/mol. The number of terminal acetylenes is 1. The van der Waals surface area contributed by atoms with E-state index in [1.807, 2.05) is 34.6 Å². The number of thioether (sulfide) groups is 1. The van der Waals surface area contributed by atoms with Gasteiger partial charge in [-0.15, -0.1) is 12.3 Å². The third-order valence-corrected chi connectivity index (χ3v) is 1.66. The molecule has 0 aromatic heterocycles. The second kappa shape index (κ2) is 24.0. The smallest absolute Gasteiger partial charge is 0.319 e. The number of aliphatic hydroxyl groups excluding tert-OH is 1. The molecule has 0 saturated heterocycles. The maximum Gasteiger partial charge on any atom is 0.319 e. The van der Waals surface area contributed by atoms with E-state index >= 15 is 0 Å². The van der Waals surface area contributed by atoms with E-state index in [-0.39, 0.29) is 24.5 Å². The molecule has 0 radical (unpaired) electrons. The van der Waals surface area contributed by atoms with Gasteiger partial charge in [0.25, 0.3) is 0 Å². The van der Waals surface area contributed by atoms with E-state index in [4.69, 9.17) is 15.6 Å². The molecular formula is C15H31NO4S.